The molecule has 1 N–H and O–H groups in total. The second-order valence-electron chi connectivity index (χ2n) is 7.69. The van der Waals surface area contributed by atoms with Crippen molar-refractivity contribution in [3.8, 4) is 17.1 Å². The van der Waals surface area contributed by atoms with Crippen LogP contribution in [0, 0.1) is 0 Å². The van der Waals surface area contributed by atoms with E-state index in [0.29, 0.717) is 25.6 Å². The van der Waals surface area contributed by atoms with E-state index in [1.807, 2.05) is 54.6 Å². The van der Waals surface area contributed by atoms with E-state index in [4.69, 9.17) is 9.47 Å². The fourth-order valence-corrected chi connectivity index (χ4v) is 3.49. The number of rotatable bonds is 9. The number of carbonyl (C=O) groups excluding carboxylic acids is 1. The van der Waals surface area contributed by atoms with Crippen LogP contribution in [0.3, 0.4) is 0 Å². The Morgan fingerprint density at radius 1 is 0.938 bits per heavy atom. The standard InChI is InChI=1S/C25H28N4O3/c30-24(26-17-21-4-2-1-3-5-21)16-20-6-8-22(9-7-20)23-18-27-25(28-19-23)32-15-12-29-10-13-31-14-11-29/h1-9,18-19H,10-17H2,(H,26,30). The van der Waals surface area contributed by atoms with Crippen molar-refractivity contribution in [1.29, 1.82) is 0 Å². The second kappa shape index (κ2) is 11.4. The minimum atomic E-state index is 0.00326. The summed E-state index contributed by atoms with van der Waals surface area (Å²) in [5.41, 5.74) is 3.96. The number of ether oxygens (including phenoxy) is 2. The fraction of sp³-hybridized carbons (Fsp3) is 0.320. The lowest BCUT2D eigenvalue weighted by molar-refractivity contribution is -0.120. The van der Waals surface area contributed by atoms with Crippen molar-refractivity contribution < 1.29 is 14.3 Å². The van der Waals surface area contributed by atoms with Crippen molar-refractivity contribution in [2.75, 3.05) is 39.5 Å². The maximum Gasteiger partial charge on any atom is 0.316 e. The van der Waals surface area contributed by atoms with Crippen LogP contribution in [-0.2, 0) is 22.5 Å². The lowest BCUT2D eigenvalue weighted by Crippen LogP contribution is -2.38. The zero-order valence-corrected chi connectivity index (χ0v) is 18.1. The van der Waals surface area contributed by atoms with E-state index < -0.39 is 0 Å². The van der Waals surface area contributed by atoms with E-state index in [0.717, 1.165) is 55.1 Å². The largest absolute Gasteiger partial charge is 0.462 e. The maximum absolute atomic E-state index is 12.2. The molecule has 2 heterocycles. The first kappa shape index (κ1) is 21.9. The molecule has 32 heavy (non-hydrogen) atoms. The van der Waals surface area contributed by atoms with Crippen LogP contribution in [0.15, 0.2) is 67.0 Å². The van der Waals surface area contributed by atoms with Crippen LogP contribution in [0.1, 0.15) is 11.1 Å². The van der Waals surface area contributed by atoms with Gasteiger partial charge < -0.3 is 14.8 Å². The summed E-state index contributed by atoms with van der Waals surface area (Å²) >= 11 is 0. The van der Waals surface area contributed by atoms with Crippen LogP contribution in [-0.4, -0.2) is 60.2 Å². The van der Waals surface area contributed by atoms with Crippen LogP contribution in [0.25, 0.3) is 11.1 Å². The molecule has 1 amide bonds. The Bertz CT molecular complexity index is 972. The Morgan fingerprint density at radius 3 is 2.38 bits per heavy atom. The van der Waals surface area contributed by atoms with Gasteiger partial charge in [0.25, 0.3) is 0 Å². The van der Waals surface area contributed by atoms with Gasteiger partial charge in [0.2, 0.25) is 5.91 Å². The van der Waals surface area contributed by atoms with Gasteiger partial charge in [-0.2, -0.15) is 0 Å². The Hall–Kier alpha value is -3.29. The first-order valence-electron chi connectivity index (χ1n) is 10.9. The van der Waals surface area contributed by atoms with Crippen molar-refractivity contribution in [3.63, 3.8) is 0 Å². The Morgan fingerprint density at radius 2 is 1.66 bits per heavy atom. The highest BCUT2D eigenvalue weighted by Gasteiger charge is 2.10. The second-order valence-corrected chi connectivity index (χ2v) is 7.69. The molecule has 1 aromatic heterocycles. The number of aromatic nitrogens is 2. The van der Waals surface area contributed by atoms with Gasteiger partial charge in [-0.25, -0.2) is 9.97 Å². The van der Waals surface area contributed by atoms with Gasteiger partial charge in [0, 0.05) is 44.1 Å². The molecule has 1 saturated heterocycles. The monoisotopic (exact) mass is 432 g/mol. The van der Waals surface area contributed by atoms with Crippen molar-refractivity contribution >= 4 is 5.91 Å². The van der Waals surface area contributed by atoms with Crippen molar-refractivity contribution in [3.05, 3.63) is 78.1 Å². The summed E-state index contributed by atoms with van der Waals surface area (Å²) < 4.78 is 11.0. The van der Waals surface area contributed by atoms with Gasteiger partial charge >= 0.3 is 6.01 Å². The first-order valence-corrected chi connectivity index (χ1v) is 10.9. The molecule has 0 atom stereocenters. The summed E-state index contributed by atoms with van der Waals surface area (Å²) in [7, 11) is 0. The molecule has 0 aliphatic carbocycles. The molecule has 3 aromatic rings. The van der Waals surface area contributed by atoms with Crippen LogP contribution in [0.5, 0.6) is 6.01 Å². The summed E-state index contributed by atoms with van der Waals surface area (Å²) in [6.07, 6.45) is 3.87. The number of benzene rings is 2. The SMILES string of the molecule is O=C(Cc1ccc(-c2cnc(OCCN3CCOCC3)nc2)cc1)NCc1ccccc1. The van der Waals surface area contributed by atoms with Crippen molar-refractivity contribution in [2.45, 2.75) is 13.0 Å². The molecule has 4 rings (SSSR count). The number of hydrogen-bond donors (Lipinski definition) is 1. The van der Waals surface area contributed by atoms with Gasteiger partial charge in [-0.15, -0.1) is 0 Å². The highest BCUT2D eigenvalue weighted by Crippen LogP contribution is 2.19. The van der Waals surface area contributed by atoms with Crippen molar-refractivity contribution in [2.24, 2.45) is 0 Å². The minimum absolute atomic E-state index is 0.00326. The van der Waals surface area contributed by atoms with Gasteiger partial charge in [0.05, 0.1) is 19.6 Å². The molecule has 166 valence electrons. The third-order valence-corrected chi connectivity index (χ3v) is 5.35. The molecule has 0 spiro atoms. The highest BCUT2D eigenvalue weighted by atomic mass is 16.5. The fourth-order valence-electron chi connectivity index (χ4n) is 3.49. The number of hydrogen-bond acceptors (Lipinski definition) is 6. The molecule has 1 fully saturated rings. The lowest BCUT2D eigenvalue weighted by atomic mass is 10.1. The Balaban J connectivity index is 1.23. The van der Waals surface area contributed by atoms with E-state index in [1.54, 1.807) is 12.4 Å². The van der Waals surface area contributed by atoms with E-state index in [-0.39, 0.29) is 5.91 Å². The maximum atomic E-state index is 12.2. The molecular formula is C25H28N4O3. The smallest absolute Gasteiger partial charge is 0.316 e. The van der Waals surface area contributed by atoms with Crippen LogP contribution in [0.4, 0.5) is 0 Å². The third kappa shape index (κ3) is 6.60. The zero-order chi connectivity index (χ0) is 22.0. The van der Waals surface area contributed by atoms with Gasteiger partial charge in [-0.1, -0.05) is 54.6 Å². The average Bonchev–Trinajstić information content (AvgIpc) is 2.85. The van der Waals surface area contributed by atoms with Gasteiger partial charge in [0.15, 0.2) is 0 Å². The van der Waals surface area contributed by atoms with Gasteiger partial charge in [-0.3, -0.25) is 9.69 Å². The van der Waals surface area contributed by atoms with E-state index in [2.05, 4.69) is 20.2 Å². The molecule has 2 aromatic carbocycles. The van der Waals surface area contributed by atoms with Crippen molar-refractivity contribution in [1.82, 2.24) is 20.2 Å². The molecule has 1 aliphatic heterocycles. The highest BCUT2D eigenvalue weighted by molar-refractivity contribution is 5.78. The topological polar surface area (TPSA) is 76.6 Å². The van der Waals surface area contributed by atoms with E-state index in [1.165, 1.54) is 0 Å². The minimum Gasteiger partial charge on any atom is -0.462 e. The normalized spacial score (nSPS) is 14.1. The molecule has 1 aliphatic rings. The number of amides is 1. The summed E-state index contributed by atoms with van der Waals surface area (Å²) in [5, 5.41) is 2.96. The van der Waals surface area contributed by atoms with E-state index >= 15 is 0 Å². The number of carbonyl (C=O) groups is 1. The molecular weight excluding hydrogens is 404 g/mol. The molecule has 0 unspecified atom stereocenters. The number of nitrogens with one attached hydrogen (secondary N) is 1. The van der Waals surface area contributed by atoms with E-state index in [9.17, 15) is 4.79 Å². The molecule has 0 saturated carbocycles. The molecule has 0 radical (unpaired) electrons. The molecule has 0 bridgehead atoms. The quantitative estimate of drug-likeness (QED) is 0.560. The Labute approximate surface area is 188 Å². The molecule has 7 heteroatoms. The summed E-state index contributed by atoms with van der Waals surface area (Å²) in [6, 6.07) is 18.2. The van der Waals surface area contributed by atoms with Crippen LogP contribution >= 0.6 is 0 Å². The Kier molecular flexibility index (Phi) is 7.79. The summed E-state index contributed by atoms with van der Waals surface area (Å²) in [5.74, 6) is 0.00326. The van der Waals surface area contributed by atoms with Gasteiger partial charge in [-0.05, 0) is 16.7 Å². The number of nitrogens with zero attached hydrogens (tertiary/aromatic N) is 3. The molecule has 7 nitrogen and oxygen atoms in total. The van der Waals surface area contributed by atoms with Crippen LogP contribution < -0.4 is 10.1 Å². The summed E-state index contributed by atoms with van der Waals surface area (Å²) in [4.78, 5) is 23.2. The predicted molar refractivity (Wildman–Crippen MR) is 122 cm³/mol. The number of morpholine rings is 1. The zero-order valence-electron chi connectivity index (χ0n) is 18.1. The first-order chi connectivity index (χ1) is 15.8. The third-order valence-electron chi connectivity index (χ3n) is 5.35. The predicted octanol–water partition coefficient (Wildman–Crippen LogP) is 2.71. The summed E-state index contributed by atoms with van der Waals surface area (Å²) in [6.45, 7) is 5.37. The lowest BCUT2D eigenvalue weighted by Gasteiger charge is -2.26. The van der Waals surface area contributed by atoms with Gasteiger partial charge in [0.1, 0.15) is 6.61 Å². The van der Waals surface area contributed by atoms with Crippen LogP contribution in [0.2, 0.25) is 0 Å². The average molecular weight is 433 g/mol.